The molecule has 0 saturated carbocycles. The molecule has 0 spiro atoms. The van der Waals surface area contributed by atoms with Gasteiger partial charge in [0.25, 0.3) is 0 Å². The van der Waals surface area contributed by atoms with Crippen LogP contribution in [0.3, 0.4) is 0 Å². The highest BCUT2D eigenvalue weighted by atomic mass is 19.4. The van der Waals surface area contributed by atoms with E-state index in [9.17, 15) is 40.3 Å². The Balaban J connectivity index is 1.45. The van der Waals surface area contributed by atoms with Gasteiger partial charge in [-0.15, -0.1) is 0 Å². The van der Waals surface area contributed by atoms with Crippen LogP contribution in [0.5, 0.6) is 0 Å². The van der Waals surface area contributed by atoms with E-state index in [1.807, 2.05) is 0 Å². The van der Waals surface area contributed by atoms with Gasteiger partial charge in [-0.05, 0) is 54.8 Å². The number of amides is 2. The second-order valence-electron chi connectivity index (χ2n) is 10.9. The number of ether oxygens (including phenoxy) is 2. The molecule has 2 amide bonds. The van der Waals surface area contributed by atoms with Gasteiger partial charge in [0.1, 0.15) is 5.82 Å². The third-order valence-corrected chi connectivity index (χ3v) is 8.24. The lowest BCUT2D eigenvalue weighted by Gasteiger charge is -2.38. The summed E-state index contributed by atoms with van der Waals surface area (Å²) >= 11 is 0. The number of piperidine rings is 1. The molecule has 3 aliphatic heterocycles. The number of carbonyl (C=O) groups is 2. The number of halogens is 7. The van der Waals surface area contributed by atoms with Gasteiger partial charge in [-0.25, -0.2) is 4.39 Å². The van der Waals surface area contributed by atoms with Gasteiger partial charge in [0.05, 0.1) is 36.5 Å². The SMILES string of the molecule is C[C@@H](O[C@H]1CN2C(=O)CC(C(=O)N3CCOCC3)C[C@H]2[C@@H]1c1ccc(F)cc1)c1cc(C(F)(F)F)cc(C(F)(F)F)c1. The van der Waals surface area contributed by atoms with E-state index in [1.54, 1.807) is 9.80 Å². The highest BCUT2D eigenvalue weighted by Crippen LogP contribution is 2.45. The Hall–Kier alpha value is -3.19. The van der Waals surface area contributed by atoms with Crippen LogP contribution in [0.4, 0.5) is 30.7 Å². The Morgan fingerprint density at radius 2 is 1.57 bits per heavy atom. The van der Waals surface area contributed by atoms with E-state index >= 15 is 0 Å². The number of fused-ring (bicyclic) bond motifs is 1. The molecule has 2 aromatic rings. The average molecular weight is 603 g/mol. The normalized spacial score (nSPS) is 25.9. The average Bonchev–Trinajstić information content (AvgIpc) is 3.30. The van der Waals surface area contributed by atoms with E-state index in [0.717, 1.165) is 0 Å². The largest absolute Gasteiger partial charge is 0.416 e. The molecule has 3 heterocycles. The fraction of sp³-hybridized carbons (Fsp3) is 0.517. The monoisotopic (exact) mass is 602 g/mol. The molecule has 2 aromatic carbocycles. The fourth-order valence-electron chi connectivity index (χ4n) is 6.18. The Bertz CT molecular complexity index is 1280. The van der Waals surface area contributed by atoms with Crippen molar-refractivity contribution >= 4 is 11.8 Å². The molecule has 5 atom stereocenters. The third-order valence-electron chi connectivity index (χ3n) is 8.24. The number of alkyl halides is 6. The van der Waals surface area contributed by atoms with Crippen molar-refractivity contribution in [3.8, 4) is 0 Å². The first-order valence-corrected chi connectivity index (χ1v) is 13.6. The van der Waals surface area contributed by atoms with Gasteiger partial charge in [-0.1, -0.05) is 12.1 Å². The van der Waals surface area contributed by atoms with Crippen LogP contribution in [-0.4, -0.2) is 66.6 Å². The predicted molar refractivity (Wildman–Crippen MR) is 134 cm³/mol. The molecule has 3 aliphatic rings. The summed E-state index contributed by atoms with van der Waals surface area (Å²) in [6.45, 7) is 2.94. The summed E-state index contributed by atoms with van der Waals surface area (Å²) in [7, 11) is 0. The van der Waals surface area contributed by atoms with Gasteiger partial charge < -0.3 is 19.3 Å². The number of rotatable bonds is 5. The van der Waals surface area contributed by atoms with Crippen molar-refractivity contribution in [3.63, 3.8) is 0 Å². The second-order valence-corrected chi connectivity index (χ2v) is 10.9. The molecule has 0 N–H and O–H groups in total. The summed E-state index contributed by atoms with van der Waals surface area (Å²) in [5.41, 5.74) is -2.66. The molecular formula is C29H29F7N2O4. The summed E-state index contributed by atoms with van der Waals surface area (Å²) in [4.78, 5) is 29.8. The first-order valence-electron chi connectivity index (χ1n) is 13.6. The minimum absolute atomic E-state index is 0.0133. The standard InChI is InChI=1S/C29H29F7N2O4/c1-16(18-10-20(28(31,32)33)14-21(11-18)29(34,35)36)42-24-15-38-23(26(24)17-2-4-22(30)5-3-17)12-19(13-25(38)39)27(40)37-6-8-41-9-7-37/h2-5,10-11,14,16,19,23-24,26H,6-9,12-13,15H2,1H3/t16-,19?,23+,24+,26+/m1/s1. The van der Waals surface area contributed by atoms with Gasteiger partial charge in [-0.3, -0.25) is 9.59 Å². The fourth-order valence-corrected chi connectivity index (χ4v) is 6.18. The maximum absolute atomic E-state index is 13.8. The van der Waals surface area contributed by atoms with Gasteiger partial charge in [0, 0.05) is 43.9 Å². The first kappa shape index (κ1) is 30.3. The summed E-state index contributed by atoms with van der Waals surface area (Å²) in [5, 5.41) is 0. The first-order chi connectivity index (χ1) is 19.7. The molecular weight excluding hydrogens is 573 g/mol. The lowest BCUT2D eigenvalue weighted by Crippen LogP contribution is -2.50. The predicted octanol–water partition coefficient (Wildman–Crippen LogP) is 5.57. The lowest BCUT2D eigenvalue weighted by molar-refractivity contribution is -0.149. The molecule has 3 saturated heterocycles. The molecule has 228 valence electrons. The van der Waals surface area contributed by atoms with Crippen molar-refractivity contribution in [3.05, 3.63) is 70.5 Å². The van der Waals surface area contributed by atoms with Gasteiger partial charge in [0.2, 0.25) is 11.8 Å². The van der Waals surface area contributed by atoms with Crippen LogP contribution in [-0.2, 0) is 31.4 Å². The highest BCUT2D eigenvalue weighted by Gasteiger charge is 2.51. The van der Waals surface area contributed by atoms with E-state index in [1.165, 1.54) is 31.2 Å². The molecule has 6 nitrogen and oxygen atoms in total. The summed E-state index contributed by atoms with van der Waals surface area (Å²) in [6.07, 6.45) is -11.9. The maximum Gasteiger partial charge on any atom is 0.416 e. The smallest absolute Gasteiger partial charge is 0.378 e. The van der Waals surface area contributed by atoms with Crippen LogP contribution in [0, 0.1) is 11.7 Å². The minimum atomic E-state index is -5.02. The third kappa shape index (κ3) is 6.26. The number of nitrogens with zero attached hydrogens (tertiary/aromatic N) is 2. The summed E-state index contributed by atoms with van der Waals surface area (Å²) in [5.74, 6) is -2.21. The van der Waals surface area contributed by atoms with E-state index in [0.29, 0.717) is 44.0 Å². The molecule has 5 rings (SSSR count). The Morgan fingerprint density at radius 3 is 2.14 bits per heavy atom. The van der Waals surface area contributed by atoms with Crippen LogP contribution in [0.2, 0.25) is 0 Å². The summed E-state index contributed by atoms with van der Waals surface area (Å²) in [6, 6.07) is 6.22. The van der Waals surface area contributed by atoms with Crippen LogP contribution in [0.25, 0.3) is 0 Å². The topological polar surface area (TPSA) is 59.1 Å². The Kier molecular flexibility index (Phi) is 8.27. The van der Waals surface area contributed by atoms with Crippen LogP contribution in [0.15, 0.2) is 42.5 Å². The van der Waals surface area contributed by atoms with Gasteiger partial charge in [-0.2, -0.15) is 26.3 Å². The molecule has 42 heavy (non-hydrogen) atoms. The molecule has 0 bridgehead atoms. The molecule has 0 aromatic heterocycles. The quantitative estimate of drug-likeness (QED) is 0.420. The van der Waals surface area contributed by atoms with Crippen LogP contribution < -0.4 is 0 Å². The Labute approximate surface area is 237 Å². The van der Waals surface area contributed by atoms with Gasteiger partial charge >= 0.3 is 12.4 Å². The molecule has 13 heteroatoms. The zero-order chi connectivity index (χ0) is 30.4. The van der Waals surface area contributed by atoms with Crippen molar-refractivity contribution in [1.29, 1.82) is 0 Å². The van der Waals surface area contributed by atoms with Crippen molar-refractivity contribution in [1.82, 2.24) is 9.80 Å². The molecule has 3 fully saturated rings. The van der Waals surface area contributed by atoms with Crippen molar-refractivity contribution in [2.45, 2.75) is 56.3 Å². The molecule has 0 radical (unpaired) electrons. The molecule has 0 aliphatic carbocycles. The lowest BCUT2D eigenvalue weighted by atomic mass is 9.81. The zero-order valence-electron chi connectivity index (χ0n) is 22.6. The van der Waals surface area contributed by atoms with Crippen molar-refractivity contribution in [2.75, 3.05) is 32.8 Å². The Morgan fingerprint density at radius 1 is 0.976 bits per heavy atom. The van der Waals surface area contributed by atoms with Crippen molar-refractivity contribution in [2.24, 2.45) is 5.92 Å². The van der Waals surface area contributed by atoms with E-state index < -0.39 is 59.4 Å². The second kappa shape index (κ2) is 11.5. The highest BCUT2D eigenvalue weighted by molar-refractivity contribution is 5.87. The van der Waals surface area contributed by atoms with Crippen LogP contribution in [0.1, 0.15) is 54.0 Å². The zero-order valence-corrected chi connectivity index (χ0v) is 22.6. The van der Waals surface area contributed by atoms with Crippen molar-refractivity contribution < 1.29 is 49.8 Å². The minimum Gasteiger partial charge on any atom is -0.378 e. The maximum atomic E-state index is 13.8. The van der Waals surface area contributed by atoms with Gasteiger partial charge in [0.15, 0.2) is 0 Å². The van der Waals surface area contributed by atoms with E-state index in [4.69, 9.17) is 9.47 Å². The summed E-state index contributed by atoms with van der Waals surface area (Å²) < 4.78 is 106. The van der Waals surface area contributed by atoms with Crippen LogP contribution >= 0.6 is 0 Å². The molecule has 1 unspecified atom stereocenters. The van der Waals surface area contributed by atoms with E-state index in [2.05, 4.69) is 0 Å². The number of benzene rings is 2. The number of morpholine rings is 1. The van der Waals surface area contributed by atoms with E-state index in [-0.39, 0.29) is 42.8 Å². The number of carbonyl (C=O) groups excluding carboxylic acids is 2. The number of hydrogen-bond acceptors (Lipinski definition) is 4. The number of hydrogen-bond donors (Lipinski definition) is 0.